The van der Waals surface area contributed by atoms with E-state index in [-0.39, 0.29) is 6.09 Å². The summed E-state index contributed by atoms with van der Waals surface area (Å²) >= 11 is 3.49. The molecule has 0 N–H and O–H groups in total. The number of halogens is 1. The van der Waals surface area contributed by atoms with Crippen molar-refractivity contribution in [3.63, 3.8) is 0 Å². The van der Waals surface area contributed by atoms with Gasteiger partial charge in [0, 0.05) is 38.1 Å². The molecule has 0 aliphatic carbocycles. The van der Waals surface area contributed by atoms with Crippen LogP contribution in [0.5, 0.6) is 0 Å². The van der Waals surface area contributed by atoms with Crippen LogP contribution in [-0.4, -0.2) is 60.6 Å². The van der Waals surface area contributed by atoms with Gasteiger partial charge in [0.1, 0.15) is 0 Å². The van der Waals surface area contributed by atoms with Crippen molar-refractivity contribution in [1.29, 1.82) is 0 Å². The van der Waals surface area contributed by atoms with Crippen molar-refractivity contribution in [2.45, 2.75) is 13.8 Å². The van der Waals surface area contributed by atoms with Crippen molar-refractivity contribution in [1.82, 2.24) is 9.80 Å². The van der Waals surface area contributed by atoms with Gasteiger partial charge in [-0.1, -0.05) is 22.9 Å². The summed E-state index contributed by atoms with van der Waals surface area (Å²) in [7, 11) is 0. The van der Waals surface area contributed by atoms with Gasteiger partial charge in [-0.25, -0.2) is 4.79 Å². The Kier molecular flexibility index (Phi) is 6.13. The summed E-state index contributed by atoms with van der Waals surface area (Å²) in [6, 6.07) is 0. The standard InChI is InChI=1S/C11H21BrN2O2/c1-3-16-11(15)14-6-4-13(5-7-14)9-10(2)8-12/h10H,3-9H2,1-2H3. The molecule has 1 aliphatic rings. The van der Waals surface area contributed by atoms with Crippen LogP contribution in [-0.2, 0) is 4.74 Å². The number of carbonyl (C=O) groups excluding carboxylic acids is 1. The average molecular weight is 293 g/mol. The highest BCUT2D eigenvalue weighted by Gasteiger charge is 2.22. The molecule has 1 saturated heterocycles. The Balaban J connectivity index is 2.25. The van der Waals surface area contributed by atoms with Gasteiger partial charge >= 0.3 is 6.09 Å². The van der Waals surface area contributed by atoms with Crippen LogP contribution in [0.15, 0.2) is 0 Å². The van der Waals surface area contributed by atoms with Crippen molar-refractivity contribution in [2.75, 3.05) is 44.7 Å². The van der Waals surface area contributed by atoms with Crippen molar-refractivity contribution in [3.8, 4) is 0 Å². The lowest BCUT2D eigenvalue weighted by molar-refractivity contribution is 0.0769. The van der Waals surface area contributed by atoms with Gasteiger partial charge in [-0.2, -0.15) is 0 Å². The molecule has 0 aromatic heterocycles. The molecule has 1 atom stereocenters. The molecule has 1 amide bonds. The van der Waals surface area contributed by atoms with E-state index in [1.54, 1.807) is 4.90 Å². The van der Waals surface area contributed by atoms with Gasteiger partial charge in [0.05, 0.1) is 6.61 Å². The molecule has 0 aromatic rings. The third-order valence-corrected chi connectivity index (χ3v) is 3.84. The van der Waals surface area contributed by atoms with Crippen LogP contribution >= 0.6 is 15.9 Å². The highest BCUT2D eigenvalue weighted by Crippen LogP contribution is 2.08. The number of carbonyl (C=O) groups is 1. The number of piperazine rings is 1. The minimum absolute atomic E-state index is 0.171. The number of hydrogen-bond acceptors (Lipinski definition) is 3. The van der Waals surface area contributed by atoms with Gasteiger partial charge < -0.3 is 9.64 Å². The highest BCUT2D eigenvalue weighted by atomic mass is 79.9. The molecule has 1 unspecified atom stereocenters. The monoisotopic (exact) mass is 292 g/mol. The number of alkyl halides is 1. The Hall–Kier alpha value is -0.290. The number of rotatable bonds is 4. The predicted molar refractivity (Wildman–Crippen MR) is 68.0 cm³/mol. The fourth-order valence-electron chi connectivity index (χ4n) is 1.82. The average Bonchev–Trinajstić information content (AvgIpc) is 2.30. The lowest BCUT2D eigenvalue weighted by Crippen LogP contribution is -2.49. The Morgan fingerprint density at radius 3 is 2.50 bits per heavy atom. The van der Waals surface area contributed by atoms with Gasteiger partial charge in [0.15, 0.2) is 0 Å². The number of amides is 1. The van der Waals surface area contributed by atoms with Crippen LogP contribution in [0.4, 0.5) is 4.79 Å². The molecule has 0 spiro atoms. The summed E-state index contributed by atoms with van der Waals surface area (Å²) in [5.74, 6) is 0.661. The zero-order chi connectivity index (χ0) is 12.0. The molecule has 16 heavy (non-hydrogen) atoms. The topological polar surface area (TPSA) is 32.8 Å². The molecule has 0 aromatic carbocycles. The second-order valence-corrected chi connectivity index (χ2v) is 4.89. The second kappa shape index (κ2) is 7.12. The zero-order valence-corrected chi connectivity index (χ0v) is 11.7. The molecule has 4 nitrogen and oxygen atoms in total. The summed E-state index contributed by atoms with van der Waals surface area (Å²) in [6.07, 6.45) is -0.171. The van der Waals surface area contributed by atoms with E-state index >= 15 is 0 Å². The molecule has 1 aliphatic heterocycles. The van der Waals surface area contributed by atoms with Gasteiger partial charge in [-0.15, -0.1) is 0 Å². The minimum Gasteiger partial charge on any atom is -0.450 e. The van der Waals surface area contributed by atoms with Crippen molar-refractivity contribution in [3.05, 3.63) is 0 Å². The third kappa shape index (κ3) is 4.29. The molecule has 1 fully saturated rings. The number of hydrogen-bond donors (Lipinski definition) is 0. The van der Waals surface area contributed by atoms with Gasteiger partial charge in [-0.3, -0.25) is 4.90 Å². The molecular weight excluding hydrogens is 272 g/mol. The van der Waals surface area contributed by atoms with Crippen LogP contribution in [0.3, 0.4) is 0 Å². The molecule has 94 valence electrons. The first-order chi connectivity index (χ1) is 7.67. The maximum absolute atomic E-state index is 11.5. The smallest absolute Gasteiger partial charge is 0.409 e. The zero-order valence-electron chi connectivity index (χ0n) is 10.1. The summed E-state index contributed by atoms with van der Waals surface area (Å²) in [4.78, 5) is 15.7. The van der Waals surface area contributed by atoms with Crippen LogP contribution in [0.25, 0.3) is 0 Å². The van der Waals surface area contributed by atoms with Crippen LogP contribution in [0, 0.1) is 5.92 Å². The maximum atomic E-state index is 11.5. The van der Waals surface area contributed by atoms with E-state index in [0.29, 0.717) is 12.5 Å². The quantitative estimate of drug-likeness (QED) is 0.741. The van der Waals surface area contributed by atoms with Crippen molar-refractivity contribution < 1.29 is 9.53 Å². The first-order valence-corrected chi connectivity index (χ1v) is 6.99. The largest absolute Gasteiger partial charge is 0.450 e. The van der Waals surface area contributed by atoms with E-state index in [1.165, 1.54) is 0 Å². The Morgan fingerprint density at radius 2 is 2.00 bits per heavy atom. The SMILES string of the molecule is CCOC(=O)N1CCN(CC(C)CBr)CC1. The van der Waals surface area contributed by atoms with Crippen molar-refractivity contribution in [2.24, 2.45) is 5.92 Å². The first-order valence-electron chi connectivity index (χ1n) is 5.87. The van der Waals surface area contributed by atoms with E-state index in [2.05, 4.69) is 27.8 Å². The number of ether oxygens (including phenoxy) is 1. The van der Waals surface area contributed by atoms with E-state index in [9.17, 15) is 4.79 Å². The van der Waals surface area contributed by atoms with Crippen LogP contribution < -0.4 is 0 Å². The molecule has 0 bridgehead atoms. The van der Waals surface area contributed by atoms with Gasteiger partial charge in [0.25, 0.3) is 0 Å². The van der Waals surface area contributed by atoms with Crippen molar-refractivity contribution >= 4 is 22.0 Å². The third-order valence-electron chi connectivity index (χ3n) is 2.73. The molecule has 1 heterocycles. The number of nitrogens with zero attached hydrogens (tertiary/aromatic N) is 2. The van der Waals surface area contributed by atoms with Gasteiger partial charge in [0.2, 0.25) is 0 Å². The minimum atomic E-state index is -0.171. The first kappa shape index (κ1) is 13.8. The van der Waals surface area contributed by atoms with Crippen LogP contribution in [0.2, 0.25) is 0 Å². The summed E-state index contributed by atoms with van der Waals surface area (Å²) in [5, 5.41) is 1.03. The lowest BCUT2D eigenvalue weighted by atomic mass is 10.2. The lowest BCUT2D eigenvalue weighted by Gasteiger charge is -2.35. The normalized spacial score (nSPS) is 19.6. The predicted octanol–water partition coefficient (Wildman–Crippen LogP) is 1.79. The fraction of sp³-hybridized carbons (Fsp3) is 0.909. The summed E-state index contributed by atoms with van der Waals surface area (Å²) in [5.41, 5.74) is 0. The fourth-order valence-corrected chi connectivity index (χ4v) is 2.02. The second-order valence-electron chi connectivity index (χ2n) is 4.25. The molecule has 0 radical (unpaired) electrons. The van der Waals surface area contributed by atoms with E-state index in [1.807, 2.05) is 6.92 Å². The summed E-state index contributed by atoms with van der Waals surface area (Å²) < 4.78 is 4.98. The Bertz CT molecular complexity index is 218. The molecule has 0 saturated carbocycles. The van der Waals surface area contributed by atoms with Crippen LogP contribution in [0.1, 0.15) is 13.8 Å². The Morgan fingerprint density at radius 1 is 1.38 bits per heavy atom. The summed E-state index contributed by atoms with van der Waals surface area (Å²) in [6.45, 7) is 9.11. The van der Waals surface area contributed by atoms with E-state index < -0.39 is 0 Å². The maximum Gasteiger partial charge on any atom is 0.409 e. The van der Waals surface area contributed by atoms with E-state index in [0.717, 1.165) is 38.1 Å². The Labute approximate surface area is 106 Å². The van der Waals surface area contributed by atoms with E-state index in [4.69, 9.17) is 4.74 Å². The molecular formula is C11H21BrN2O2. The highest BCUT2D eigenvalue weighted by molar-refractivity contribution is 9.09. The molecule has 1 rings (SSSR count). The van der Waals surface area contributed by atoms with Gasteiger partial charge in [-0.05, 0) is 12.8 Å². The molecule has 5 heteroatoms.